The number of rotatable bonds is 6. The van der Waals surface area contributed by atoms with Gasteiger partial charge in [0.15, 0.2) is 5.82 Å². The molecule has 2 N–H and O–H groups in total. The van der Waals surface area contributed by atoms with Crippen LogP contribution in [0.5, 0.6) is 5.75 Å². The van der Waals surface area contributed by atoms with Gasteiger partial charge < -0.3 is 9.84 Å². The van der Waals surface area contributed by atoms with E-state index in [1.165, 1.54) is 37.4 Å². The monoisotopic (exact) mass is 413 g/mol. The Kier molecular flexibility index (Phi) is 5.60. The molecule has 0 aromatic heterocycles. The fraction of sp³-hybridized carbons (Fsp3) is 0.0500. The van der Waals surface area contributed by atoms with Gasteiger partial charge in [-0.3, -0.25) is 4.72 Å². The van der Waals surface area contributed by atoms with Crippen LogP contribution in [0.3, 0.4) is 0 Å². The van der Waals surface area contributed by atoms with Crippen LogP contribution < -0.4 is 14.9 Å². The Morgan fingerprint density at radius 3 is 2.41 bits per heavy atom. The largest absolute Gasteiger partial charge is 0.495 e. The first-order valence-corrected chi connectivity index (χ1v) is 10.0. The predicted octanol–water partition coefficient (Wildman–Crippen LogP) is 2.26. The number of methoxy groups -OCH3 is 1. The Labute approximate surface area is 168 Å². The zero-order valence-electron chi connectivity index (χ0n) is 15.6. The molecule has 0 radical (unpaired) electrons. The van der Waals surface area contributed by atoms with E-state index in [1.54, 1.807) is 12.1 Å². The highest BCUT2D eigenvalue weighted by molar-refractivity contribution is 7.92. The minimum absolute atomic E-state index is 0.00219. The van der Waals surface area contributed by atoms with Crippen molar-refractivity contribution in [3.05, 3.63) is 72.0 Å². The number of anilines is 1. The standard InChI is InChI=1S/C20H17BFNO5S/c1-28-17-11-13(20(24)25)7-10-16(17)23-29(26,27)18-4-2-3-15(19(18)22)12-5-8-14(21)9-6-12/h2-11,23H,21H2,1H3,(H,24,25). The van der Waals surface area contributed by atoms with Crippen LogP contribution in [0.15, 0.2) is 65.6 Å². The molecule has 0 aliphatic rings. The summed E-state index contributed by atoms with van der Waals surface area (Å²) in [4.78, 5) is 10.6. The summed E-state index contributed by atoms with van der Waals surface area (Å²) in [7, 11) is -1.13. The molecule has 3 rings (SSSR count). The molecule has 0 aliphatic heterocycles. The highest BCUT2D eigenvalue weighted by Gasteiger charge is 2.23. The Balaban J connectivity index is 2.01. The quantitative estimate of drug-likeness (QED) is 0.605. The summed E-state index contributed by atoms with van der Waals surface area (Å²) < 4.78 is 48.1. The van der Waals surface area contributed by atoms with Crippen LogP contribution in [0, 0.1) is 5.82 Å². The van der Waals surface area contributed by atoms with Crippen LogP contribution in [0.1, 0.15) is 10.4 Å². The molecule has 6 nitrogen and oxygen atoms in total. The van der Waals surface area contributed by atoms with E-state index in [0.717, 1.165) is 11.5 Å². The number of hydrogen-bond acceptors (Lipinski definition) is 4. The zero-order valence-corrected chi connectivity index (χ0v) is 16.5. The first kappa shape index (κ1) is 20.4. The van der Waals surface area contributed by atoms with Crippen LogP contribution in [0.4, 0.5) is 10.1 Å². The second kappa shape index (κ2) is 7.96. The summed E-state index contributed by atoms with van der Waals surface area (Å²) in [6.45, 7) is 0. The maximum absolute atomic E-state index is 15.1. The number of aromatic carboxylic acids is 1. The van der Waals surface area contributed by atoms with E-state index in [9.17, 15) is 13.2 Å². The lowest BCUT2D eigenvalue weighted by molar-refractivity contribution is 0.0696. The molecule has 0 bridgehead atoms. The molecule has 0 aliphatic carbocycles. The zero-order chi connectivity index (χ0) is 21.2. The average Bonchev–Trinajstić information content (AvgIpc) is 2.68. The van der Waals surface area contributed by atoms with Gasteiger partial charge in [-0.1, -0.05) is 41.9 Å². The molecule has 0 saturated heterocycles. The normalized spacial score (nSPS) is 11.1. The van der Waals surface area contributed by atoms with Crippen LogP contribution >= 0.6 is 0 Å². The van der Waals surface area contributed by atoms with Gasteiger partial charge in [0.05, 0.1) is 18.4 Å². The molecule has 29 heavy (non-hydrogen) atoms. The summed E-state index contributed by atoms with van der Waals surface area (Å²) >= 11 is 0. The third kappa shape index (κ3) is 4.24. The molecule has 0 saturated carbocycles. The summed E-state index contributed by atoms with van der Waals surface area (Å²) in [5.41, 5.74) is 1.63. The number of carboxylic acid groups (broad SMARTS) is 1. The van der Waals surface area contributed by atoms with Gasteiger partial charge in [-0.2, -0.15) is 0 Å². The Bertz CT molecular complexity index is 1180. The van der Waals surface area contributed by atoms with E-state index in [0.29, 0.717) is 5.56 Å². The minimum Gasteiger partial charge on any atom is -0.495 e. The van der Waals surface area contributed by atoms with Crippen molar-refractivity contribution < 1.29 is 27.4 Å². The molecule has 3 aromatic rings. The molecule has 9 heteroatoms. The van der Waals surface area contributed by atoms with E-state index in [-0.39, 0.29) is 22.6 Å². The van der Waals surface area contributed by atoms with E-state index < -0.39 is 26.7 Å². The second-order valence-corrected chi connectivity index (χ2v) is 7.96. The Morgan fingerprint density at radius 1 is 1.10 bits per heavy atom. The van der Waals surface area contributed by atoms with Gasteiger partial charge >= 0.3 is 5.97 Å². The molecule has 0 atom stereocenters. The molecule has 0 heterocycles. The molecule has 0 fully saturated rings. The Morgan fingerprint density at radius 2 is 1.79 bits per heavy atom. The van der Waals surface area contributed by atoms with Crippen molar-refractivity contribution in [3.8, 4) is 16.9 Å². The molecular weight excluding hydrogens is 396 g/mol. The number of benzene rings is 3. The van der Waals surface area contributed by atoms with Gasteiger partial charge in [0.2, 0.25) is 0 Å². The van der Waals surface area contributed by atoms with Gasteiger partial charge in [-0.05, 0) is 29.8 Å². The second-order valence-electron chi connectivity index (χ2n) is 6.31. The maximum Gasteiger partial charge on any atom is 0.335 e. The first-order chi connectivity index (χ1) is 13.7. The number of ether oxygens (including phenoxy) is 1. The number of carboxylic acids is 1. The van der Waals surface area contributed by atoms with Crippen LogP contribution in [0.2, 0.25) is 0 Å². The van der Waals surface area contributed by atoms with Crippen molar-refractivity contribution in [2.24, 2.45) is 0 Å². The number of carbonyl (C=O) groups is 1. The van der Waals surface area contributed by atoms with Crippen molar-refractivity contribution in [2.45, 2.75) is 4.90 Å². The van der Waals surface area contributed by atoms with E-state index in [1.807, 2.05) is 20.0 Å². The predicted molar refractivity (Wildman–Crippen MR) is 111 cm³/mol. The van der Waals surface area contributed by atoms with Crippen LogP contribution in [-0.4, -0.2) is 34.4 Å². The number of sulfonamides is 1. The van der Waals surface area contributed by atoms with E-state index in [2.05, 4.69) is 4.72 Å². The van der Waals surface area contributed by atoms with Crippen molar-refractivity contribution in [1.29, 1.82) is 0 Å². The SMILES string of the molecule is Bc1ccc(-c2cccc(S(=O)(=O)Nc3ccc(C(=O)O)cc3OC)c2F)cc1. The van der Waals surface area contributed by atoms with Crippen molar-refractivity contribution in [3.63, 3.8) is 0 Å². The molecule has 3 aromatic carbocycles. The van der Waals surface area contributed by atoms with Crippen molar-refractivity contribution in [1.82, 2.24) is 0 Å². The van der Waals surface area contributed by atoms with Crippen molar-refractivity contribution >= 4 is 35.0 Å². The minimum atomic E-state index is -4.30. The molecule has 148 valence electrons. The smallest absolute Gasteiger partial charge is 0.335 e. The highest BCUT2D eigenvalue weighted by Crippen LogP contribution is 2.31. The summed E-state index contributed by atoms with van der Waals surface area (Å²) in [6.07, 6.45) is 0. The van der Waals surface area contributed by atoms with E-state index in [4.69, 9.17) is 9.84 Å². The third-order valence-corrected chi connectivity index (χ3v) is 5.69. The van der Waals surface area contributed by atoms with Gasteiger partial charge in [0.1, 0.15) is 18.5 Å². The Hall–Kier alpha value is -3.33. The highest BCUT2D eigenvalue weighted by atomic mass is 32.2. The summed E-state index contributed by atoms with van der Waals surface area (Å²) in [5.74, 6) is -2.07. The van der Waals surface area contributed by atoms with Crippen molar-refractivity contribution in [2.75, 3.05) is 11.8 Å². The topological polar surface area (TPSA) is 92.7 Å². The lowest BCUT2D eigenvalue weighted by Crippen LogP contribution is -2.16. The average molecular weight is 413 g/mol. The maximum atomic E-state index is 15.1. The van der Waals surface area contributed by atoms with Gasteiger partial charge in [-0.25, -0.2) is 17.6 Å². The summed E-state index contributed by atoms with van der Waals surface area (Å²) in [5, 5.41) is 9.05. The molecule has 0 amide bonds. The van der Waals surface area contributed by atoms with Crippen LogP contribution in [-0.2, 0) is 10.0 Å². The fourth-order valence-corrected chi connectivity index (χ4v) is 3.95. The lowest BCUT2D eigenvalue weighted by Gasteiger charge is -2.14. The lowest BCUT2D eigenvalue weighted by atomic mass is 9.93. The number of nitrogens with one attached hydrogen (secondary N) is 1. The molecular formula is C20H17BFNO5S. The van der Waals surface area contributed by atoms with E-state index >= 15 is 4.39 Å². The molecule has 0 unspecified atom stereocenters. The number of halogens is 1. The first-order valence-electron chi connectivity index (χ1n) is 8.52. The van der Waals surface area contributed by atoms with Gasteiger partial charge in [-0.15, -0.1) is 0 Å². The van der Waals surface area contributed by atoms with Gasteiger partial charge in [0, 0.05) is 5.56 Å². The third-order valence-electron chi connectivity index (χ3n) is 4.31. The molecule has 0 spiro atoms. The van der Waals surface area contributed by atoms with Crippen LogP contribution in [0.25, 0.3) is 11.1 Å². The fourth-order valence-electron chi connectivity index (χ4n) is 2.78. The summed E-state index contributed by atoms with van der Waals surface area (Å²) in [6, 6.07) is 14.8. The number of hydrogen-bond donors (Lipinski definition) is 2. The van der Waals surface area contributed by atoms with Gasteiger partial charge in [0.25, 0.3) is 10.0 Å².